The Morgan fingerprint density at radius 2 is 2.18 bits per heavy atom. The molecule has 0 radical (unpaired) electrons. The van der Waals surface area contributed by atoms with E-state index in [0.29, 0.717) is 0 Å². The molecule has 1 amide bonds. The molecule has 11 heavy (non-hydrogen) atoms. The van der Waals surface area contributed by atoms with Crippen molar-refractivity contribution in [1.82, 2.24) is 5.32 Å². The van der Waals surface area contributed by atoms with E-state index in [4.69, 9.17) is 4.74 Å². The van der Waals surface area contributed by atoms with Crippen LogP contribution < -0.4 is 5.32 Å². The molecule has 0 aromatic carbocycles. The number of hydrogen-bond acceptors (Lipinski definition) is 3. The minimum absolute atomic E-state index is 0.00204. The van der Waals surface area contributed by atoms with Crippen LogP contribution in [0.5, 0.6) is 0 Å². The second-order valence-corrected chi connectivity index (χ2v) is 2.87. The van der Waals surface area contributed by atoms with Crippen molar-refractivity contribution in [2.24, 2.45) is 5.92 Å². The van der Waals surface area contributed by atoms with Gasteiger partial charge in [0.2, 0.25) is 0 Å². The van der Waals surface area contributed by atoms with Crippen LogP contribution in [-0.2, 0) is 14.3 Å². The standard InChI is InChI=1S/C7H11NO3/c1-4(2)6-7(10)8-3-5(9)11-6/h4,6H,3H2,1-2H3,(H,8,10). The highest BCUT2D eigenvalue weighted by molar-refractivity contribution is 5.90. The number of esters is 1. The molecular weight excluding hydrogens is 146 g/mol. The van der Waals surface area contributed by atoms with Crippen molar-refractivity contribution in [3.8, 4) is 0 Å². The summed E-state index contributed by atoms with van der Waals surface area (Å²) in [5, 5.41) is 2.45. The number of nitrogens with one attached hydrogen (secondary N) is 1. The van der Waals surface area contributed by atoms with Gasteiger partial charge in [0.1, 0.15) is 6.54 Å². The first-order chi connectivity index (χ1) is 5.11. The molecule has 1 heterocycles. The highest BCUT2D eigenvalue weighted by Gasteiger charge is 2.30. The molecule has 1 saturated heterocycles. The lowest BCUT2D eigenvalue weighted by molar-refractivity contribution is -0.164. The molecule has 1 rings (SSSR count). The molecule has 1 atom stereocenters. The molecule has 4 heteroatoms. The highest BCUT2D eigenvalue weighted by Crippen LogP contribution is 2.09. The van der Waals surface area contributed by atoms with Crippen LogP contribution in [0.1, 0.15) is 13.8 Å². The van der Waals surface area contributed by atoms with Crippen LogP contribution >= 0.6 is 0 Å². The zero-order valence-corrected chi connectivity index (χ0v) is 6.59. The van der Waals surface area contributed by atoms with Gasteiger partial charge in [-0.05, 0) is 5.92 Å². The van der Waals surface area contributed by atoms with E-state index in [1.807, 2.05) is 13.8 Å². The molecule has 1 aliphatic heterocycles. The third-order valence-corrected chi connectivity index (χ3v) is 1.53. The summed E-state index contributed by atoms with van der Waals surface area (Å²) in [5.41, 5.74) is 0. The Labute approximate surface area is 64.9 Å². The van der Waals surface area contributed by atoms with Crippen LogP contribution in [0.2, 0.25) is 0 Å². The summed E-state index contributed by atoms with van der Waals surface area (Å²) in [5.74, 6) is -0.512. The number of ether oxygens (including phenoxy) is 1. The molecule has 0 spiro atoms. The number of amides is 1. The van der Waals surface area contributed by atoms with Gasteiger partial charge < -0.3 is 10.1 Å². The molecule has 0 aliphatic carbocycles. The van der Waals surface area contributed by atoms with Gasteiger partial charge in [0, 0.05) is 0 Å². The average molecular weight is 157 g/mol. The van der Waals surface area contributed by atoms with E-state index in [1.54, 1.807) is 0 Å². The third-order valence-electron chi connectivity index (χ3n) is 1.53. The van der Waals surface area contributed by atoms with Crippen LogP contribution in [0.4, 0.5) is 0 Å². The Balaban J connectivity index is 2.61. The molecule has 0 saturated carbocycles. The first kappa shape index (κ1) is 8.04. The maximum Gasteiger partial charge on any atom is 0.326 e. The molecule has 0 aromatic rings. The van der Waals surface area contributed by atoms with Crippen LogP contribution in [0.15, 0.2) is 0 Å². The summed E-state index contributed by atoms with van der Waals surface area (Å²) in [6, 6.07) is 0. The van der Waals surface area contributed by atoms with Crippen LogP contribution in [0, 0.1) is 5.92 Å². The number of carbonyl (C=O) groups is 2. The average Bonchev–Trinajstić information content (AvgIpc) is 1.94. The maximum atomic E-state index is 11.0. The van der Waals surface area contributed by atoms with E-state index < -0.39 is 6.10 Å². The predicted octanol–water partition coefficient (Wildman–Crippen LogP) is -0.316. The molecule has 1 fully saturated rings. The first-order valence-electron chi connectivity index (χ1n) is 3.58. The van der Waals surface area contributed by atoms with Crippen molar-refractivity contribution in [2.75, 3.05) is 6.54 Å². The predicted molar refractivity (Wildman–Crippen MR) is 37.7 cm³/mol. The minimum atomic E-state index is -0.601. The molecule has 1 N–H and O–H groups in total. The van der Waals surface area contributed by atoms with Gasteiger partial charge in [-0.25, -0.2) is 0 Å². The van der Waals surface area contributed by atoms with Crippen molar-refractivity contribution in [1.29, 1.82) is 0 Å². The SMILES string of the molecule is CC(C)C1OC(=O)CNC1=O. The smallest absolute Gasteiger partial charge is 0.326 e. The summed E-state index contributed by atoms with van der Waals surface area (Å²) >= 11 is 0. The molecule has 62 valence electrons. The molecule has 4 nitrogen and oxygen atoms in total. The Kier molecular flexibility index (Phi) is 2.12. The number of morpholine rings is 1. The lowest BCUT2D eigenvalue weighted by Crippen LogP contribution is -2.49. The topological polar surface area (TPSA) is 55.4 Å². The molecule has 0 bridgehead atoms. The Morgan fingerprint density at radius 1 is 1.55 bits per heavy atom. The van der Waals surface area contributed by atoms with Gasteiger partial charge in [0.15, 0.2) is 6.10 Å². The number of hydrogen-bond donors (Lipinski definition) is 1. The molecule has 0 aromatic heterocycles. The summed E-state index contributed by atoms with van der Waals surface area (Å²) in [6.07, 6.45) is -0.601. The second kappa shape index (κ2) is 2.90. The fourth-order valence-electron chi connectivity index (χ4n) is 0.936. The second-order valence-electron chi connectivity index (χ2n) is 2.87. The van der Waals surface area contributed by atoms with Gasteiger partial charge in [0.05, 0.1) is 0 Å². The summed E-state index contributed by atoms with van der Waals surface area (Å²) in [6.45, 7) is 3.67. The Hall–Kier alpha value is -1.06. The number of rotatable bonds is 1. The van der Waals surface area contributed by atoms with E-state index in [9.17, 15) is 9.59 Å². The van der Waals surface area contributed by atoms with Crippen molar-refractivity contribution < 1.29 is 14.3 Å². The lowest BCUT2D eigenvalue weighted by atomic mass is 10.1. The van der Waals surface area contributed by atoms with Crippen LogP contribution in [-0.4, -0.2) is 24.5 Å². The van der Waals surface area contributed by atoms with Crippen molar-refractivity contribution in [3.05, 3.63) is 0 Å². The fraction of sp³-hybridized carbons (Fsp3) is 0.714. The van der Waals surface area contributed by atoms with E-state index in [1.165, 1.54) is 0 Å². The van der Waals surface area contributed by atoms with Crippen molar-refractivity contribution in [3.63, 3.8) is 0 Å². The molecular formula is C7H11NO3. The minimum Gasteiger partial charge on any atom is -0.451 e. The molecule has 1 aliphatic rings. The van der Waals surface area contributed by atoms with E-state index >= 15 is 0 Å². The van der Waals surface area contributed by atoms with Crippen molar-refractivity contribution in [2.45, 2.75) is 20.0 Å². The Bertz CT molecular complexity index is 188. The van der Waals surface area contributed by atoms with Gasteiger partial charge >= 0.3 is 5.97 Å². The van der Waals surface area contributed by atoms with Gasteiger partial charge in [-0.3, -0.25) is 9.59 Å². The summed E-state index contributed by atoms with van der Waals surface area (Å²) in [4.78, 5) is 21.7. The highest BCUT2D eigenvalue weighted by atomic mass is 16.6. The van der Waals surface area contributed by atoms with Crippen LogP contribution in [0.25, 0.3) is 0 Å². The number of carbonyl (C=O) groups excluding carboxylic acids is 2. The van der Waals surface area contributed by atoms with Gasteiger partial charge in [-0.15, -0.1) is 0 Å². The van der Waals surface area contributed by atoms with Crippen molar-refractivity contribution >= 4 is 11.9 Å². The first-order valence-corrected chi connectivity index (χ1v) is 3.58. The summed E-state index contributed by atoms with van der Waals surface area (Å²) in [7, 11) is 0. The summed E-state index contributed by atoms with van der Waals surface area (Å²) < 4.78 is 4.81. The fourth-order valence-corrected chi connectivity index (χ4v) is 0.936. The zero-order chi connectivity index (χ0) is 8.43. The normalized spacial score (nSPS) is 24.8. The maximum absolute atomic E-state index is 11.0. The monoisotopic (exact) mass is 157 g/mol. The number of cyclic esters (lactones) is 1. The molecule has 1 unspecified atom stereocenters. The van der Waals surface area contributed by atoms with Crippen LogP contribution in [0.3, 0.4) is 0 Å². The van der Waals surface area contributed by atoms with E-state index in [-0.39, 0.29) is 24.3 Å². The third kappa shape index (κ3) is 1.69. The zero-order valence-electron chi connectivity index (χ0n) is 6.59. The lowest BCUT2D eigenvalue weighted by Gasteiger charge is -2.24. The Morgan fingerprint density at radius 3 is 2.64 bits per heavy atom. The van der Waals surface area contributed by atoms with E-state index in [0.717, 1.165) is 0 Å². The quantitative estimate of drug-likeness (QED) is 0.531. The van der Waals surface area contributed by atoms with Gasteiger partial charge in [-0.2, -0.15) is 0 Å². The van der Waals surface area contributed by atoms with E-state index in [2.05, 4.69) is 5.32 Å². The largest absolute Gasteiger partial charge is 0.451 e. The van der Waals surface area contributed by atoms with Gasteiger partial charge in [-0.1, -0.05) is 13.8 Å². The van der Waals surface area contributed by atoms with Gasteiger partial charge in [0.25, 0.3) is 5.91 Å².